The molecule has 20 heavy (non-hydrogen) atoms. The predicted molar refractivity (Wildman–Crippen MR) is 75.6 cm³/mol. The first-order chi connectivity index (χ1) is 9.70. The van der Waals surface area contributed by atoms with Gasteiger partial charge in [0.2, 0.25) is 0 Å². The normalized spacial score (nSPS) is 16.9. The predicted octanol–water partition coefficient (Wildman–Crippen LogP) is 2.54. The second-order valence-corrected chi connectivity index (χ2v) is 4.92. The minimum absolute atomic E-state index is 0.141. The second kappa shape index (κ2) is 4.89. The maximum absolute atomic E-state index is 9.27. The van der Waals surface area contributed by atoms with Gasteiger partial charge in [0.1, 0.15) is 23.2 Å². The maximum atomic E-state index is 9.27. The van der Waals surface area contributed by atoms with Gasteiger partial charge in [0.15, 0.2) is 0 Å². The molecule has 0 spiro atoms. The fourth-order valence-corrected chi connectivity index (χ4v) is 2.61. The van der Waals surface area contributed by atoms with Crippen molar-refractivity contribution in [3.05, 3.63) is 41.1 Å². The summed E-state index contributed by atoms with van der Waals surface area (Å²) < 4.78 is 7.38. The highest BCUT2D eigenvalue weighted by Crippen LogP contribution is 2.34. The van der Waals surface area contributed by atoms with Gasteiger partial charge in [0.25, 0.3) is 0 Å². The van der Waals surface area contributed by atoms with Crippen molar-refractivity contribution in [3.8, 4) is 11.8 Å². The van der Waals surface area contributed by atoms with Crippen molar-refractivity contribution in [1.29, 1.82) is 5.26 Å². The summed E-state index contributed by atoms with van der Waals surface area (Å²) in [5.41, 5.74) is 2.48. The first kappa shape index (κ1) is 12.5. The number of benzene rings is 1. The maximum Gasteiger partial charge on any atom is 0.142 e. The molecule has 0 amide bonds. The van der Waals surface area contributed by atoms with Gasteiger partial charge in [-0.2, -0.15) is 10.4 Å². The van der Waals surface area contributed by atoms with Crippen LogP contribution in [-0.2, 0) is 7.05 Å². The third kappa shape index (κ3) is 1.99. The van der Waals surface area contributed by atoms with E-state index in [9.17, 15) is 5.26 Å². The number of rotatable bonds is 2. The molecule has 3 rings (SSSR count). The van der Waals surface area contributed by atoms with E-state index in [2.05, 4.69) is 22.6 Å². The minimum atomic E-state index is 0.141. The lowest BCUT2D eigenvalue weighted by molar-refractivity contribution is 0.274. The molecule has 5 heteroatoms. The lowest BCUT2D eigenvalue weighted by atomic mass is 10.0. The largest absolute Gasteiger partial charge is 0.493 e. The summed E-state index contributed by atoms with van der Waals surface area (Å²) in [4.78, 5) is 0. The van der Waals surface area contributed by atoms with Gasteiger partial charge in [-0.25, -0.2) is 0 Å². The van der Waals surface area contributed by atoms with Crippen LogP contribution in [0.2, 0.25) is 0 Å². The van der Waals surface area contributed by atoms with Crippen LogP contribution < -0.4 is 10.1 Å². The van der Waals surface area contributed by atoms with Crippen molar-refractivity contribution in [2.75, 3.05) is 11.9 Å². The Kier molecular flexibility index (Phi) is 3.07. The monoisotopic (exact) mass is 268 g/mol. The van der Waals surface area contributed by atoms with Crippen LogP contribution in [0.25, 0.3) is 0 Å². The van der Waals surface area contributed by atoms with Crippen molar-refractivity contribution in [2.45, 2.75) is 19.4 Å². The van der Waals surface area contributed by atoms with E-state index in [1.165, 1.54) is 0 Å². The number of nitrogens with one attached hydrogen (secondary N) is 1. The Hall–Kier alpha value is -2.48. The Balaban J connectivity index is 1.96. The van der Waals surface area contributed by atoms with Crippen LogP contribution in [0.3, 0.4) is 0 Å². The highest BCUT2D eigenvalue weighted by molar-refractivity contribution is 5.57. The summed E-state index contributed by atoms with van der Waals surface area (Å²) >= 11 is 0. The molecular formula is C15H16N4O. The van der Waals surface area contributed by atoms with Crippen LogP contribution in [-0.4, -0.2) is 16.4 Å². The number of nitriles is 1. The molecule has 1 aromatic heterocycles. The average Bonchev–Trinajstić information content (AvgIpc) is 2.73. The van der Waals surface area contributed by atoms with E-state index in [0.29, 0.717) is 12.2 Å². The molecule has 1 aliphatic rings. The first-order valence-corrected chi connectivity index (χ1v) is 6.62. The fourth-order valence-electron chi connectivity index (χ4n) is 2.61. The molecular weight excluding hydrogens is 252 g/mol. The highest BCUT2D eigenvalue weighted by atomic mass is 16.5. The number of aromatic nitrogens is 2. The summed E-state index contributed by atoms with van der Waals surface area (Å²) in [7, 11) is 1.85. The molecule has 1 unspecified atom stereocenters. The Labute approximate surface area is 117 Å². The summed E-state index contributed by atoms with van der Waals surface area (Å²) in [6, 6.07) is 10.4. The van der Waals surface area contributed by atoms with E-state index in [-0.39, 0.29) is 6.04 Å². The zero-order valence-corrected chi connectivity index (χ0v) is 11.6. The number of nitrogens with zero attached hydrogens (tertiary/aromatic N) is 3. The molecule has 1 aliphatic heterocycles. The molecule has 0 saturated heterocycles. The van der Waals surface area contributed by atoms with Crippen LogP contribution in [0.5, 0.6) is 5.75 Å². The number of hydrogen-bond acceptors (Lipinski definition) is 4. The van der Waals surface area contributed by atoms with Crippen LogP contribution in [0, 0.1) is 18.3 Å². The van der Waals surface area contributed by atoms with Crippen molar-refractivity contribution in [1.82, 2.24) is 9.78 Å². The molecule has 1 N–H and O–H groups in total. The molecule has 102 valence electrons. The summed E-state index contributed by atoms with van der Waals surface area (Å²) in [6.07, 6.45) is 0.867. The zero-order valence-electron chi connectivity index (χ0n) is 11.6. The molecule has 0 fully saturated rings. The number of para-hydroxylation sites is 1. The molecule has 2 aromatic rings. The van der Waals surface area contributed by atoms with Gasteiger partial charge in [0, 0.05) is 19.0 Å². The molecule has 0 bridgehead atoms. The van der Waals surface area contributed by atoms with Gasteiger partial charge < -0.3 is 10.1 Å². The van der Waals surface area contributed by atoms with E-state index in [0.717, 1.165) is 29.2 Å². The molecule has 0 aliphatic carbocycles. The van der Waals surface area contributed by atoms with Gasteiger partial charge >= 0.3 is 0 Å². The van der Waals surface area contributed by atoms with Crippen LogP contribution in [0.15, 0.2) is 24.3 Å². The average molecular weight is 268 g/mol. The molecule has 1 aromatic carbocycles. The van der Waals surface area contributed by atoms with E-state index < -0.39 is 0 Å². The fraction of sp³-hybridized carbons (Fsp3) is 0.333. The standard InChI is InChI=1S/C15H16N4O/c1-10-12(9-16)15(19(2)18-10)17-13-7-8-20-14-6-4-3-5-11(13)14/h3-6,13,17H,7-8H2,1-2H3. The van der Waals surface area contributed by atoms with Crippen molar-refractivity contribution < 1.29 is 4.74 Å². The summed E-state index contributed by atoms with van der Waals surface area (Å²) in [5, 5.41) is 17.0. The molecule has 0 radical (unpaired) electrons. The summed E-state index contributed by atoms with van der Waals surface area (Å²) in [5.74, 6) is 1.68. The Morgan fingerprint density at radius 3 is 3.05 bits per heavy atom. The lowest BCUT2D eigenvalue weighted by Gasteiger charge is -2.27. The van der Waals surface area contributed by atoms with Gasteiger partial charge in [-0.15, -0.1) is 0 Å². The molecule has 5 nitrogen and oxygen atoms in total. The number of hydrogen-bond donors (Lipinski definition) is 1. The van der Waals surface area contributed by atoms with E-state index in [4.69, 9.17) is 4.74 Å². The minimum Gasteiger partial charge on any atom is -0.493 e. The number of fused-ring (bicyclic) bond motifs is 1. The quantitative estimate of drug-likeness (QED) is 0.909. The zero-order chi connectivity index (χ0) is 14.1. The smallest absolute Gasteiger partial charge is 0.142 e. The van der Waals surface area contributed by atoms with E-state index >= 15 is 0 Å². The second-order valence-electron chi connectivity index (χ2n) is 4.92. The van der Waals surface area contributed by atoms with Crippen LogP contribution in [0.4, 0.5) is 5.82 Å². The van der Waals surface area contributed by atoms with Gasteiger partial charge in [0.05, 0.1) is 18.3 Å². The van der Waals surface area contributed by atoms with Gasteiger partial charge in [-0.05, 0) is 13.0 Å². The number of aryl methyl sites for hydroxylation is 2. The molecule has 0 saturated carbocycles. The topological polar surface area (TPSA) is 62.9 Å². The van der Waals surface area contributed by atoms with Gasteiger partial charge in [-0.1, -0.05) is 18.2 Å². The van der Waals surface area contributed by atoms with Gasteiger partial charge in [-0.3, -0.25) is 4.68 Å². The Morgan fingerprint density at radius 1 is 1.45 bits per heavy atom. The summed E-state index contributed by atoms with van der Waals surface area (Å²) in [6.45, 7) is 2.52. The van der Waals surface area contributed by atoms with E-state index in [1.807, 2.05) is 32.2 Å². The van der Waals surface area contributed by atoms with Crippen LogP contribution in [0.1, 0.15) is 29.3 Å². The number of ether oxygens (including phenoxy) is 1. The van der Waals surface area contributed by atoms with Crippen LogP contribution >= 0.6 is 0 Å². The number of anilines is 1. The third-order valence-electron chi connectivity index (χ3n) is 3.60. The van der Waals surface area contributed by atoms with Crippen molar-refractivity contribution in [2.24, 2.45) is 7.05 Å². The van der Waals surface area contributed by atoms with E-state index in [1.54, 1.807) is 4.68 Å². The lowest BCUT2D eigenvalue weighted by Crippen LogP contribution is -2.21. The SMILES string of the molecule is Cc1nn(C)c(NC2CCOc3ccccc32)c1C#N. The Morgan fingerprint density at radius 2 is 2.25 bits per heavy atom. The van der Waals surface area contributed by atoms with Crippen molar-refractivity contribution in [3.63, 3.8) is 0 Å². The Bertz CT molecular complexity index is 684. The van der Waals surface area contributed by atoms with Crippen molar-refractivity contribution >= 4 is 5.82 Å². The molecule has 2 heterocycles. The molecule has 1 atom stereocenters. The third-order valence-corrected chi connectivity index (χ3v) is 3.60. The first-order valence-electron chi connectivity index (χ1n) is 6.62. The highest BCUT2D eigenvalue weighted by Gasteiger charge is 2.23.